The monoisotopic (exact) mass is 452 g/mol. The maximum Gasteiger partial charge on any atom is 0.266 e. The minimum Gasteiger partial charge on any atom is -0.493 e. The van der Waals surface area contributed by atoms with E-state index in [1.54, 1.807) is 4.90 Å². The third-order valence-corrected chi connectivity index (χ3v) is 6.38. The third-order valence-electron chi connectivity index (χ3n) is 5.37. The van der Waals surface area contributed by atoms with Crippen molar-refractivity contribution in [3.63, 3.8) is 0 Å². The zero-order valence-electron chi connectivity index (χ0n) is 17.8. The Bertz CT molecular complexity index is 1060. The van der Waals surface area contributed by atoms with Crippen LogP contribution in [0, 0.1) is 0 Å². The van der Waals surface area contributed by atoms with E-state index >= 15 is 0 Å². The van der Waals surface area contributed by atoms with Crippen molar-refractivity contribution >= 4 is 34.6 Å². The Kier molecular flexibility index (Phi) is 6.05. The fourth-order valence-corrected chi connectivity index (χ4v) is 4.83. The second kappa shape index (κ2) is 9.26. The summed E-state index contributed by atoms with van der Waals surface area (Å²) in [6.45, 7) is 3.84. The van der Waals surface area contributed by atoms with Crippen LogP contribution in [0.4, 0.5) is 5.69 Å². The molecule has 3 aliphatic rings. The number of aliphatic imine (C=N–C) groups is 1. The number of carbonyl (C=O) groups excluding carboxylic acids is 1. The topological polar surface area (TPSA) is 69.6 Å². The molecule has 2 fully saturated rings. The van der Waals surface area contributed by atoms with Crippen LogP contribution in [-0.2, 0) is 9.53 Å². The predicted octanol–water partition coefficient (Wildman–Crippen LogP) is 4.60. The fraction of sp³-hybridized carbons (Fsp3) is 0.333. The van der Waals surface area contributed by atoms with Crippen LogP contribution < -0.4 is 14.2 Å². The van der Waals surface area contributed by atoms with Crippen molar-refractivity contribution in [3.8, 4) is 17.2 Å². The number of amides is 1. The average Bonchev–Trinajstić information content (AvgIpc) is 3.53. The smallest absolute Gasteiger partial charge is 0.266 e. The summed E-state index contributed by atoms with van der Waals surface area (Å²) in [7, 11) is 0. The summed E-state index contributed by atoms with van der Waals surface area (Å²) in [6, 6.07) is 13.3. The molecule has 0 unspecified atom stereocenters. The van der Waals surface area contributed by atoms with Gasteiger partial charge in [0.2, 0.25) is 6.79 Å². The van der Waals surface area contributed by atoms with Gasteiger partial charge in [-0.1, -0.05) is 18.2 Å². The number of nitrogens with zero attached hydrogens (tertiary/aromatic N) is 2. The molecule has 0 bridgehead atoms. The van der Waals surface area contributed by atoms with Crippen molar-refractivity contribution in [1.29, 1.82) is 0 Å². The van der Waals surface area contributed by atoms with Gasteiger partial charge in [0.05, 0.1) is 29.8 Å². The van der Waals surface area contributed by atoms with E-state index in [0.717, 1.165) is 30.7 Å². The van der Waals surface area contributed by atoms with E-state index < -0.39 is 0 Å². The first kappa shape index (κ1) is 20.9. The van der Waals surface area contributed by atoms with Gasteiger partial charge in [0, 0.05) is 18.2 Å². The molecule has 3 heterocycles. The molecule has 0 spiro atoms. The molecule has 0 aliphatic carbocycles. The highest BCUT2D eigenvalue weighted by atomic mass is 32.2. The number of hydrogen-bond donors (Lipinski definition) is 0. The fourth-order valence-electron chi connectivity index (χ4n) is 3.83. The van der Waals surface area contributed by atoms with Crippen molar-refractivity contribution in [3.05, 3.63) is 52.9 Å². The van der Waals surface area contributed by atoms with Gasteiger partial charge >= 0.3 is 0 Å². The molecule has 5 rings (SSSR count). The van der Waals surface area contributed by atoms with E-state index in [1.807, 2.05) is 55.5 Å². The van der Waals surface area contributed by atoms with Crippen LogP contribution in [0.1, 0.15) is 25.3 Å². The Hall–Kier alpha value is -2.97. The number of para-hydroxylation sites is 1. The number of thioether (sulfide) groups is 1. The zero-order valence-corrected chi connectivity index (χ0v) is 18.6. The second-order valence-corrected chi connectivity index (χ2v) is 8.58. The highest BCUT2D eigenvalue weighted by molar-refractivity contribution is 8.18. The second-order valence-electron chi connectivity index (χ2n) is 7.57. The lowest BCUT2D eigenvalue weighted by Gasteiger charge is -2.19. The van der Waals surface area contributed by atoms with Crippen LogP contribution in [0.2, 0.25) is 0 Å². The van der Waals surface area contributed by atoms with Crippen molar-refractivity contribution in [2.75, 3.05) is 26.6 Å². The molecular formula is C24H24N2O5S. The first-order chi connectivity index (χ1) is 15.7. The number of benzene rings is 2. The summed E-state index contributed by atoms with van der Waals surface area (Å²) in [5.41, 5.74) is 1.57. The van der Waals surface area contributed by atoms with Gasteiger partial charge in [-0.05, 0) is 55.8 Å². The normalized spacial score (nSPS) is 22.3. The number of fused-ring (bicyclic) bond motifs is 1. The van der Waals surface area contributed by atoms with Crippen LogP contribution in [-0.4, -0.2) is 48.6 Å². The van der Waals surface area contributed by atoms with Crippen molar-refractivity contribution in [2.24, 2.45) is 4.99 Å². The molecule has 3 aliphatic heterocycles. The van der Waals surface area contributed by atoms with Gasteiger partial charge in [-0.25, -0.2) is 4.99 Å². The number of carbonyl (C=O) groups is 1. The number of hydrogen-bond acceptors (Lipinski definition) is 7. The molecule has 2 saturated heterocycles. The number of amidine groups is 1. The molecule has 8 heteroatoms. The highest BCUT2D eigenvalue weighted by Crippen LogP contribution is 2.41. The van der Waals surface area contributed by atoms with Gasteiger partial charge < -0.3 is 18.9 Å². The minimum atomic E-state index is -0.0831. The lowest BCUT2D eigenvalue weighted by molar-refractivity contribution is -0.123. The van der Waals surface area contributed by atoms with E-state index in [9.17, 15) is 4.79 Å². The molecule has 0 saturated carbocycles. The predicted molar refractivity (Wildman–Crippen MR) is 124 cm³/mol. The summed E-state index contributed by atoms with van der Waals surface area (Å²) in [5.74, 6) is 1.86. The summed E-state index contributed by atoms with van der Waals surface area (Å²) >= 11 is 1.36. The van der Waals surface area contributed by atoms with Crippen LogP contribution in [0.25, 0.3) is 6.08 Å². The van der Waals surface area contributed by atoms with Crippen LogP contribution in [0.15, 0.2) is 52.4 Å². The molecule has 0 N–H and O–H groups in total. The van der Waals surface area contributed by atoms with Crippen LogP contribution >= 0.6 is 11.8 Å². The zero-order chi connectivity index (χ0) is 21.9. The molecule has 32 heavy (non-hydrogen) atoms. The lowest BCUT2D eigenvalue weighted by Crippen LogP contribution is -2.36. The SMILES string of the molecule is CCOc1cc2c(cc1/C=C1\SC(=Nc3ccccc3)N(C[C@@H]3CCCO3)C1=O)OCO2. The molecule has 7 nitrogen and oxygen atoms in total. The van der Waals surface area contributed by atoms with Gasteiger partial charge in [-0.2, -0.15) is 0 Å². The lowest BCUT2D eigenvalue weighted by atomic mass is 10.1. The van der Waals surface area contributed by atoms with E-state index in [4.69, 9.17) is 23.9 Å². The Morgan fingerprint density at radius 3 is 2.78 bits per heavy atom. The maximum atomic E-state index is 13.4. The molecule has 1 atom stereocenters. The van der Waals surface area contributed by atoms with Gasteiger partial charge in [0.25, 0.3) is 5.91 Å². The molecule has 1 amide bonds. The molecule has 0 radical (unpaired) electrons. The molecular weight excluding hydrogens is 428 g/mol. The Labute approximate surface area is 191 Å². The first-order valence-corrected chi connectivity index (χ1v) is 11.6. The molecule has 2 aromatic carbocycles. The van der Waals surface area contributed by atoms with E-state index in [1.165, 1.54) is 11.8 Å². The third kappa shape index (κ3) is 4.33. The van der Waals surface area contributed by atoms with Crippen LogP contribution in [0.3, 0.4) is 0 Å². The van der Waals surface area contributed by atoms with E-state index in [-0.39, 0.29) is 18.8 Å². The number of ether oxygens (including phenoxy) is 4. The minimum absolute atomic E-state index is 0.0319. The standard InChI is InChI=1S/C24H24N2O5S/c1-2-28-19-13-21-20(30-15-31-21)11-16(19)12-22-23(27)26(14-18-9-6-10-29-18)24(32-22)25-17-7-4-3-5-8-17/h3-5,7-8,11-13,18H,2,6,9-10,14-15H2,1H3/b22-12-,25-24?/t18-/m0/s1. The molecule has 0 aromatic heterocycles. The molecule has 166 valence electrons. The Morgan fingerprint density at radius 1 is 1.22 bits per heavy atom. The van der Waals surface area contributed by atoms with Gasteiger partial charge in [-0.15, -0.1) is 0 Å². The first-order valence-electron chi connectivity index (χ1n) is 10.7. The average molecular weight is 453 g/mol. The van der Waals surface area contributed by atoms with Gasteiger partial charge in [-0.3, -0.25) is 9.69 Å². The quantitative estimate of drug-likeness (QED) is 0.597. The van der Waals surface area contributed by atoms with E-state index in [2.05, 4.69) is 0 Å². The van der Waals surface area contributed by atoms with E-state index in [0.29, 0.717) is 40.5 Å². The van der Waals surface area contributed by atoms with Crippen molar-refractivity contribution in [2.45, 2.75) is 25.9 Å². The largest absolute Gasteiger partial charge is 0.493 e. The number of rotatable bonds is 6. The summed E-state index contributed by atoms with van der Waals surface area (Å²) in [4.78, 5) is 20.5. The summed E-state index contributed by atoms with van der Waals surface area (Å²) in [5, 5.41) is 0.654. The van der Waals surface area contributed by atoms with Gasteiger partial charge in [0.15, 0.2) is 16.7 Å². The van der Waals surface area contributed by atoms with Crippen LogP contribution in [0.5, 0.6) is 17.2 Å². The Morgan fingerprint density at radius 2 is 2.03 bits per heavy atom. The maximum absolute atomic E-state index is 13.4. The van der Waals surface area contributed by atoms with Crippen molar-refractivity contribution in [1.82, 2.24) is 4.90 Å². The summed E-state index contributed by atoms with van der Waals surface area (Å²) in [6.07, 6.45) is 3.84. The molecule has 2 aromatic rings. The summed E-state index contributed by atoms with van der Waals surface area (Å²) < 4.78 is 22.6. The highest BCUT2D eigenvalue weighted by Gasteiger charge is 2.36. The van der Waals surface area contributed by atoms with Gasteiger partial charge in [0.1, 0.15) is 5.75 Å². The van der Waals surface area contributed by atoms with Crippen molar-refractivity contribution < 1.29 is 23.7 Å². The Balaban J connectivity index is 1.50.